The number of methoxy groups -OCH3 is 2. The SMILES string of the molecule is COc1ccc(C2=NOC(CC(=O)O)(C(=O)Nc3cccc(Cl)c3C)C2)cc1OC. The van der Waals surface area contributed by atoms with Gasteiger partial charge >= 0.3 is 5.97 Å². The number of halogens is 1. The van der Waals surface area contributed by atoms with E-state index >= 15 is 0 Å². The number of hydrogen-bond donors (Lipinski definition) is 2. The first-order chi connectivity index (χ1) is 14.3. The van der Waals surface area contributed by atoms with Crippen molar-refractivity contribution in [2.75, 3.05) is 19.5 Å². The number of oxime groups is 1. The predicted octanol–water partition coefficient (Wildman–Crippen LogP) is 3.64. The number of anilines is 1. The third kappa shape index (κ3) is 4.18. The molecule has 1 heterocycles. The van der Waals surface area contributed by atoms with Gasteiger partial charge in [-0.1, -0.05) is 22.8 Å². The number of carbonyl (C=O) groups excluding carboxylic acids is 1. The highest BCUT2D eigenvalue weighted by molar-refractivity contribution is 6.31. The van der Waals surface area contributed by atoms with Gasteiger partial charge in [-0.25, -0.2) is 0 Å². The van der Waals surface area contributed by atoms with Crippen molar-refractivity contribution >= 4 is 34.9 Å². The second-order valence-electron chi connectivity index (χ2n) is 6.81. The van der Waals surface area contributed by atoms with Crippen LogP contribution in [-0.4, -0.2) is 42.5 Å². The molecule has 2 aromatic rings. The Morgan fingerprint density at radius 1 is 1.23 bits per heavy atom. The van der Waals surface area contributed by atoms with E-state index in [1.165, 1.54) is 14.2 Å². The average molecular weight is 433 g/mol. The van der Waals surface area contributed by atoms with E-state index in [2.05, 4.69) is 10.5 Å². The molecule has 158 valence electrons. The third-order valence-electron chi connectivity index (χ3n) is 4.87. The van der Waals surface area contributed by atoms with Crippen LogP contribution in [0.25, 0.3) is 0 Å². The first kappa shape index (κ1) is 21.4. The van der Waals surface area contributed by atoms with E-state index < -0.39 is 23.9 Å². The number of carboxylic acid groups (broad SMARTS) is 1. The van der Waals surface area contributed by atoms with Gasteiger partial charge in [0.2, 0.25) is 5.60 Å². The molecule has 0 aromatic heterocycles. The van der Waals surface area contributed by atoms with Gasteiger partial charge in [0.25, 0.3) is 5.91 Å². The second kappa shape index (κ2) is 8.62. The summed E-state index contributed by atoms with van der Waals surface area (Å²) in [5, 5.41) is 16.6. The summed E-state index contributed by atoms with van der Waals surface area (Å²) in [4.78, 5) is 30.0. The lowest BCUT2D eigenvalue weighted by atomic mass is 9.90. The molecule has 0 radical (unpaired) electrons. The van der Waals surface area contributed by atoms with Crippen LogP contribution in [0, 0.1) is 6.92 Å². The molecule has 0 fully saturated rings. The monoisotopic (exact) mass is 432 g/mol. The normalized spacial score (nSPS) is 17.7. The summed E-state index contributed by atoms with van der Waals surface area (Å²) >= 11 is 6.11. The highest BCUT2D eigenvalue weighted by Gasteiger charge is 2.49. The second-order valence-corrected chi connectivity index (χ2v) is 7.21. The Morgan fingerprint density at radius 3 is 2.63 bits per heavy atom. The van der Waals surface area contributed by atoms with Crippen molar-refractivity contribution in [3.8, 4) is 11.5 Å². The molecule has 0 spiro atoms. The van der Waals surface area contributed by atoms with E-state index in [1.807, 2.05) is 0 Å². The molecular weight excluding hydrogens is 412 g/mol. The predicted molar refractivity (Wildman–Crippen MR) is 112 cm³/mol. The molecular formula is C21H21ClN2O6. The van der Waals surface area contributed by atoms with Crippen molar-refractivity contribution in [2.45, 2.75) is 25.4 Å². The molecule has 30 heavy (non-hydrogen) atoms. The smallest absolute Gasteiger partial charge is 0.308 e. The fourth-order valence-electron chi connectivity index (χ4n) is 3.17. The van der Waals surface area contributed by atoms with Crippen LogP contribution in [0.1, 0.15) is 24.0 Å². The number of carbonyl (C=O) groups is 2. The third-order valence-corrected chi connectivity index (χ3v) is 5.28. The van der Waals surface area contributed by atoms with Gasteiger partial charge in [0.1, 0.15) is 0 Å². The molecule has 3 rings (SSSR count). The van der Waals surface area contributed by atoms with Crippen LogP contribution in [0.15, 0.2) is 41.6 Å². The largest absolute Gasteiger partial charge is 0.493 e. The average Bonchev–Trinajstić information content (AvgIpc) is 3.15. The van der Waals surface area contributed by atoms with Crippen molar-refractivity contribution in [2.24, 2.45) is 5.16 Å². The molecule has 0 saturated carbocycles. The van der Waals surface area contributed by atoms with E-state index in [0.717, 1.165) is 0 Å². The number of aliphatic carboxylic acids is 1. The number of amides is 1. The van der Waals surface area contributed by atoms with Crippen molar-refractivity contribution in [1.82, 2.24) is 0 Å². The van der Waals surface area contributed by atoms with E-state index in [0.29, 0.717) is 39.0 Å². The van der Waals surface area contributed by atoms with Crippen molar-refractivity contribution in [3.05, 3.63) is 52.5 Å². The molecule has 1 aliphatic rings. The van der Waals surface area contributed by atoms with Gasteiger partial charge in [-0.05, 0) is 42.8 Å². The minimum Gasteiger partial charge on any atom is -0.493 e. The molecule has 9 heteroatoms. The first-order valence-electron chi connectivity index (χ1n) is 9.05. The zero-order chi connectivity index (χ0) is 21.9. The van der Waals surface area contributed by atoms with Crippen LogP contribution in [0.2, 0.25) is 5.02 Å². The van der Waals surface area contributed by atoms with Crippen LogP contribution in [0.5, 0.6) is 11.5 Å². The zero-order valence-electron chi connectivity index (χ0n) is 16.7. The Balaban J connectivity index is 1.88. The van der Waals surface area contributed by atoms with E-state index in [4.69, 9.17) is 25.9 Å². The molecule has 1 amide bonds. The Kier molecular flexibility index (Phi) is 6.17. The van der Waals surface area contributed by atoms with Crippen LogP contribution >= 0.6 is 11.6 Å². The van der Waals surface area contributed by atoms with Crippen molar-refractivity contribution in [3.63, 3.8) is 0 Å². The quantitative estimate of drug-likeness (QED) is 0.691. The van der Waals surface area contributed by atoms with Crippen LogP contribution < -0.4 is 14.8 Å². The highest BCUT2D eigenvalue weighted by Crippen LogP contribution is 2.35. The molecule has 1 unspecified atom stereocenters. The zero-order valence-corrected chi connectivity index (χ0v) is 17.4. The Bertz CT molecular complexity index is 1020. The molecule has 0 bridgehead atoms. The fourth-order valence-corrected chi connectivity index (χ4v) is 3.34. The number of ether oxygens (including phenoxy) is 2. The van der Waals surface area contributed by atoms with Crippen LogP contribution in [0.3, 0.4) is 0 Å². The van der Waals surface area contributed by atoms with Gasteiger partial charge in [-0.15, -0.1) is 0 Å². The summed E-state index contributed by atoms with van der Waals surface area (Å²) in [6.07, 6.45) is -0.584. The van der Waals surface area contributed by atoms with Crippen molar-refractivity contribution in [1.29, 1.82) is 0 Å². The van der Waals surface area contributed by atoms with Gasteiger partial charge in [-0.2, -0.15) is 0 Å². The van der Waals surface area contributed by atoms with Gasteiger partial charge in [-0.3, -0.25) is 9.59 Å². The van der Waals surface area contributed by atoms with E-state index in [-0.39, 0.29) is 6.42 Å². The summed E-state index contributed by atoms with van der Waals surface area (Å²) in [6, 6.07) is 10.2. The molecule has 1 atom stereocenters. The lowest BCUT2D eigenvalue weighted by Gasteiger charge is -2.24. The minimum absolute atomic E-state index is 0.0275. The van der Waals surface area contributed by atoms with Crippen LogP contribution in [0.4, 0.5) is 5.69 Å². The van der Waals surface area contributed by atoms with Crippen molar-refractivity contribution < 1.29 is 29.0 Å². The Morgan fingerprint density at radius 2 is 1.97 bits per heavy atom. The summed E-state index contributed by atoms with van der Waals surface area (Å²) < 4.78 is 10.5. The topological polar surface area (TPSA) is 106 Å². The maximum atomic E-state index is 13.1. The number of benzene rings is 2. The van der Waals surface area contributed by atoms with Gasteiger partial charge in [0, 0.05) is 22.7 Å². The molecule has 1 aliphatic heterocycles. The molecule has 2 aromatic carbocycles. The summed E-state index contributed by atoms with van der Waals surface area (Å²) in [7, 11) is 3.03. The molecule has 2 N–H and O–H groups in total. The highest BCUT2D eigenvalue weighted by atomic mass is 35.5. The molecule has 0 aliphatic carbocycles. The molecule has 0 saturated heterocycles. The number of carboxylic acids is 1. The maximum absolute atomic E-state index is 13.1. The van der Waals surface area contributed by atoms with Crippen LogP contribution in [-0.2, 0) is 14.4 Å². The maximum Gasteiger partial charge on any atom is 0.308 e. The Hall–Kier alpha value is -3.26. The Labute approximate surface area is 178 Å². The van der Waals surface area contributed by atoms with Gasteiger partial charge in [0.15, 0.2) is 11.5 Å². The summed E-state index contributed by atoms with van der Waals surface area (Å²) in [5.74, 6) is -0.787. The lowest BCUT2D eigenvalue weighted by Crippen LogP contribution is -2.45. The first-order valence-corrected chi connectivity index (χ1v) is 9.43. The number of rotatable bonds is 7. The summed E-state index contributed by atoms with van der Waals surface area (Å²) in [6.45, 7) is 1.75. The van der Waals surface area contributed by atoms with E-state index in [1.54, 1.807) is 43.3 Å². The lowest BCUT2D eigenvalue weighted by molar-refractivity contribution is -0.152. The summed E-state index contributed by atoms with van der Waals surface area (Å²) in [5.41, 5.74) is 0.502. The number of nitrogens with one attached hydrogen (secondary N) is 1. The van der Waals surface area contributed by atoms with E-state index in [9.17, 15) is 14.7 Å². The number of hydrogen-bond acceptors (Lipinski definition) is 6. The fraction of sp³-hybridized carbons (Fsp3) is 0.286. The minimum atomic E-state index is -1.69. The number of nitrogens with zero attached hydrogens (tertiary/aromatic N) is 1. The standard InChI is InChI=1S/C21H21ClN2O6/c1-12-14(22)5-4-6-15(12)23-20(27)21(11-19(25)26)10-16(24-30-21)13-7-8-17(28-2)18(9-13)29-3/h4-9H,10-11H2,1-3H3,(H,23,27)(H,25,26). The molecule has 8 nitrogen and oxygen atoms in total. The van der Waals surface area contributed by atoms with Gasteiger partial charge < -0.3 is 24.7 Å². The van der Waals surface area contributed by atoms with Gasteiger partial charge in [0.05, 0.1) is 26.4 Å².